The minimum absolute atomic E-state index is 0.846. The molecular weight excluding hydrogens is 152 g/mol. The van der Waals surface area contributed by atoms with Crippen LogP contribution in [-0.4, -0.2) is 20.4 Å². The van der Waals surface area contributed by atoms with Crippen molar-refractivity contribution in [2.75, 3.05) is 0 Å². The zero-order chi connectivity index (χ0) is 8.39. The minimum Gasteiger partial charge on any atom is -0.256 e. The third kappa shape index (κ3) is 1.18. The summed E-state index contributed by atoms with van der Waals surface area (Å²) in [4.78, 5) is 4.17. The quantitative estimate of drug-likeness (QED) is 0.681. The van der Waals surface area contributed by atoms with Gasteiger partial charge in [0.15, 0.2) is 0 Å². The van der Waals surface area contributed by atoms with Crippen LogP contribution < -0.4 is 0 Å². The Morgan fingerprint density at radius 2 is 2.33 bits per heavy atom. The number of nitrogens with one attached hydrogen (secondary N) is 1. The van der Waals surface area contributed by atoms with Gasteiger partial charge in [0, 0.05) is 6.20 Å². The molecule has 2 aromatic rings. The second-order valence-electron chi connectivity index (χ2n) is 2.59. The molecule has 0 atom stereocenters. The van der Waals surface area contributed by atoms with Crippen molar-refractivity contribution < 1.29 is 0 Å². The van der Waals surface area contributed by atoms with Gasteiger partial charge in [0.05, 0.1) is 11.9 Å². The van der Waals surface area contributed by atoms with Crippen molar-refractivity contribution >= 4 is 0 Å². The number of aromatic amines is 1. The van der Waals surface area contributed by atoms with Crippen LogP contribution in [-0.2, 0) is 0 Å². The zero-order valence-electron chi connectivity index (χ0n) is 6.65. The van der Waals surface area contributed by atoms with Crippen LogP contribution >= 0.6 is 0 Å². The number of hydrogen-bond acceptors (Lipinski definition) is 3. The number of aromatic nitrogens is 4. The molecule has 1 N–H and O–H groups in total. The summed E-state index contributed by atoms with van der Waals surface area (Å²) in [6.45, 7) is 2.02. The molecule has 0 aromatic carbocycles. The van der Waals surface area contributed by atoms with Crippen LogP contribution in [0.25, 0.3) is 11.4 Å². The van der Waals surface area contributed by atoms with Crippen molar-refractivity contribution in [1.29, 1.82) is 0 Å². The van der Waals surface area contributed by atoms with Crippen LogP contribution in [0.3, 0.4) is 0 Å². The average molecular weight is 160 g/mol. The molecule has 0 aliphatic heterocycles. The van der Waals surface area contributed by atoms with Crippen molar-refractivity contribution in [1.82, 2.24) is 20.4 Å². The van der Waals surface area contributed by atoms with Crippen LogP contribution in [0.5, 0.6) is 0 Å². The fourth-order valence-corrected chi connectivity index (χ4v) is 1.01. The molecule has 2 heterocycles. The Bertz CT molecular complexity index is 366. The second kappa shape index (κ2) is 2.73. The maximum atomic E-state index is 4.17. The third-order valence-corrected chi connectivity index (χ3v) is 1.61. The SMILES string of the molecule is Cc1ccnc(-c2cnn[nH]2)c1. The highest BCUT2D eigenvalue weighted by Crippen LogP contribution is 2.12. The van der Waals surface area contributed by atoms with Crippen molar-refractivity contribution in [3.8, 4) is 11.4 Å². The minimum atomic E-state index is 0.846. The van der Waals surface area contributed by atoms with E-state index in [1.54, 1.807) is 12.4 Å². The van der Waals surface area contributed by atoms with E-state index in [-0.39, 0.29) is 0 Å². The van der Waals surface area contributed by atoms with Gasteiger partial charge in [-0.2, -0.15) is 0 Å². The summed E-state index contributed by atoms with van der Waals surface area (Å²) in [6.07, 6.45) is 3.42. The number of rotatable bonds is 1. The van der Waals surface area contributed by atoms with E-state index in [0.717, 1.165) is 11.4 Å². The lowest BCUT2D eigenvalue weighted by molar-refractivity contribution is 0.940. The van der Waals surface area contributed by atoms with Gasteiger partial charge in [-0.15, -0.1) is 5.10 Å². The van der Waals surface area contributed by atoms with E-state index in [9.17, 15) is 0 Å². The topological polar surface area (TPSA) is 54.5 Å². The van der Waals surface area contributed by atoms with E-state index in [1.165, 1.54) is 5.56 Å². The Labute approximate surface area is 69.7 Å². The normalized spacial score (nSPS) is 10.1. The molecule has 0 aliphatic rings. The fourth-order valence-electron chi connectivity index (χ4n) is 1.01. The molecule has 2 rings (SSSR count). The maximum Gasteiger partial charge on any atom is 0.104 e. The molecule has 0 saturated heterocycles. The van der Waals surface area contributed by atoms with Gasteiger partial charge >= 0.3 is 0 Å². The van der Waals surface area contributed by atoms with Gasteiger partial charge in [0.25, 0.3) is 0 Å². The molecule has 0 spiro atoms. The molecule has 60 valence electrons. The number of pyridine rings is 1. The summed E-state index contributed by atoms with van der Waals surface area (Å²) in [7, 11) is 0. The van der Waals surface area contributed by atoms with Crippen molar-refractivity contribution in [3.05, 3.63) is 30.1 Å². The highest BCUT2D eigenvalue weighted by molar-refractivity contribution is 5.52. The number of aryl methyl sites for hydroxylation is 1. The zero-order valence-corrected chi connectivity index (χ0v) is 6.65. The Morgan fingerprint density at radius 3 is 3.00 bits per heavy atom. The average Bonchev–Trinajstić information content (AvgIpc) is 2.56. The summed E-state index contributed by atoms with van der Waals surface area (Å²) < 4.78 is 0. The molecule has 0 bridgehead atoms. The van der Waals surface area contributed by atoms with Gasteiger partial charge in [0.1, 0.15) is 5.69 Å². The lowest BCUT2D eigenvalue weighted by Crippen LogP contribution is -1.83. The van der Waals surface area contributed by atoms with Gasteiger partial charge in [-0.3, -0.25) is 10.1 Å². The monoisotopic (exact) mass is 160 g/mol. The first-order valence-electron chi connectivity index (χ1n) is 3.65. The summed E-state index contributed by atoms with van der Waals surface area (Å²) in [5.41, 5.74) is 2.90. The lowest BCUT2D eigenvalue weighted by Gasteiger charge is -1.95. The summed E-state index contributed by atoms with van der Waals surface area (Å²) in [5.74, 6) is 0. The third-order valence-electron chi connectivity index (χ3n) is 1.61. The first kappa shape index (κ1) is 6.97. The molecule has 0 saturated carbocycles. The Kier molecular flexibility index (Phi) is 1.59. The van der Waals surface area contributed by atoms with E-state index < -0.39 is 0 Å². The van der Waals surface area contributed by atoms with Crippen LogP contribution in [0.15, 0.2) is 24.5 Å². The standard InChI is InChI=1S/C8H8N4/c1-6-2-3-9-7(4-6)8-5-10-12-11-8/h2-5H,1H3,(H,10,11,12). The first-order valence-corrected chi connectivity index (χ1v) is 3.65. The van der Waals surface area contributed by atoms with E-state index in [1.807, 2.05) is 19.1 Å². The Balaban J connectivity index is 2.48. The van der Waals surface area contributed by atoms with Crippen molar-refractivity contribution in [2.45, 2.75) is 6.92 Å². The molecule has 12 heavy (non-hydrogen) atoms. The molecule has 2 aromatic heterocycles. The number of nitrogens with zero attached hydrogens (tertiary/aromatic N) is 3. The van der Waals surface area contributed by atoms with Crippen LogP contribution in [0, 0.1) is 6.92 Å². The maximum absolute atomic E-state index is 4.17. The smallest absolute Gasteiger partial charge is 0.104 e. The molecule has 0 amide bonds. The van der Waals surface area contributed by atoms with Crippen molar-refractivity contribution in [3.63, 3.8) is 0 Å². The predicted molar refractivity (Wildman–Crippen MR) is 44.4 cm³/mol. The van der Waals surface area contributed by atoms with E-state index in [4.69, 9.17) is 0 Å². The number of hydrogen-bond donors (Lipinski definition) is 1. The lowest BCUT2D eigenvalue weighted by atomic mass is 10.2. The van der Waals surface area contributed by atoms with Crippen LogP contribution in [0.1, 0.15) is 5.56 Å². The molecule has 0 aliphatic carbocycles. The van der Waals surface area contributed by atoms with Gasteiger partial charge in [0.2, 0.25) is 0 Å². The highest BCUT2D eigenvalue weighted by atomic mass is 15.3. The van der Waals surface area contributed by atoms with E-state index in [2.05, 4.69) is 20.4 Å². The van der Waals surface area contributed by atoms with E-state index >= 15 is 0 Å². The molecule has 0 radical (unpaired) electrons. The predicted octanol–water partition coefficient (Wildman–Crippen LogP) is 1.18. The van der Waals surface area contributed by atoms with E-state index in [0.29, 0.717) is 0 Å². The largest absolute Gasteiger partial charge is 0.256 e. The van der Waals surface area contributed by atoms with Gasteiger partial charge < -0.3 is 0 Å². The van der Waals surface area contributed by atoms with Crippen molar-refractivity contribution in [2.24, 2.45) is 0 Å². The van der Waals surface area contributed by atoms with Crippen LogP contribution in [0.4, 0.5) is 0 Å². The Morgan fingerprint density at radius 1 is 1.42 bits per heavy atom. The molecule has 0 fully saturated rings. The molecular formula is C8H8N4. The Hall–Kier alpha value is -1.71. The van der Waals surface area contributed by atoms with Gasteiger partial charge in [-0.25, -0.2) is 0 Å². The summed E-state index contributed by atoms with van der Waals surface area (Å²) in [6, 6.07) is 3.93. The van der Waals surface area contributed by atoms with Gasteiger partial charge in [-0.05, 0) is 24.6 Å². The molecule has 4 nitrogen and oxygen atoms in total. The second-order valence-corrected chi connectivity index (χ2v) is 2.59. The molecule has 0 unspecified atom stereocenters. The summed E-state index contributed by atoms with van der Waals surface area (Å²) >= 11 is 0. The van der Waals surface area contributed by atoms with Gasteiger partial charge in [-0.1, -0.05) is 5.21 Å². The highest BCUT2D eigenvalue weighted by Gasteiger charge is 1.99. The summed E-state index contributed by atoms with van der Waals surface area (Å²) in [5, 5.41) is 10.1. The van der Waals surface area contributed by atoms with Crippen LogP contribution in [0.2, 0.25) is 0 Å². The number of H-pyrrole nitrogens is 1. The first-order chi connectivity index (χ1) is 5.86. The molecule has 4 heteroatoms. The fraction of sp³-hybridized carbons (Fsp3) is 0.125.